The molecule has 2 fully saturated rings. The number of nitrogens with zero attached hydrogens (tertiary/aromatic N) is 1. The number of hydrogen-bond donors (Lipinski definition) is 1. The zero-order valence-electron chi connectivity index (χ0n) is 16.1. The molecule has 2 aliphatic heterocycles. The molecule has 0 spiro atoms. The number of rotatable bonds is 1. The van der Waals surface area contributed by atoms with Gasteiger partial charge in [-0.2, -0.15) is 13.2 Å². The monoisotopic (exact) mass is 403 g/mol. The van der Waals surface area contributed by atoms with E-state index in [-0.39, 0.29) is 18.4 Å². The number of benzene rings is 1. The van der Waals surface area contributed by atoms with E-state index in [0.717, 1.165) is 18.6 Å². The van der Waals surface area contributed by atoms with E-state index < -0.39 is 46.9 Å². The van der Waals surface area contributed by atoms with Crippen molar-refractivity contribution < 1.29 is 32.2 Å². The first-order valence-electron chi connectivity index (χ1n) is 9.41. The smallest absolute Gasteiger partial charge is 0.416 e. The molecule has 1 aromatic rings. The quantitative estimate of drug-likeness (QED) is 0.673. The number of amides is 1. The third kappa shape index (κ3) is 4.11. The molecular weight excluding hydrogens is 378 g/mol. The number of piperidine rings is 2. The van der Waals surface area contributed by atoms with Crippen molar-refractivity contribution in [3.63, 3.8) is 0 Å². The van der Waals surface area contributed by atoms with E-state index in [1.54, 1.807) is 25.7 Å². The van der Waals surface area contributed by atoms with Gasteiger partial charge in [-0.25, -0.2) is 9.18 Å². The van der Waals surface area contributed by atoms with E-state index in [1.165, 1.54) is 0 Å². The first kappa shape index (κ1) is 20.9. The van der Waals surface area contributed by atoms with Crippen LogP contribution in [-0.4, -0.2) is 33.8 Å². The van der Waals surface area contributed by atoms with Crippen molar-refractivity contribution in [2.24, 2.45) is 0 Å². The molecule has 0 aromatic heterocycles. The van der Waals surface area contributed by atoms with Gasteiger partial charge in [0.1, 0.15) is 11.4 Å². The fraction of sp³-hybridized carbons (Fsp3) is 0.650. The van der Waals surface area contributed by atoms with Crippen LogP contribution in [0.3, 0.4) is 0 Å². The molecule has 1 amide bonds. The van der Waals surface area contributed by atoms with Gasteiger partial charge in [0, 0.05) is 24.9 Å². The largest absolute Gasteiger partial charge is 0.444 e. The average Bonchev–Trinajstić information content (AvgIpc) is 2.51. The van der Waals surface area contributed by atoms with Crippen molar-refractivity contribution in [3.05, 3.63) is 35.1 Å². The van der Waals surface area contributed by atoms with E-state index in [4.69, 9.17) is 4.74 Å². The van der Waals surface area contributed by atoms with Crippen LogP contribution in [0, 0.1) is 5.82 Å². The molecule has 2 bridgehead atoms. The summed E-state index contributed by atoms with van der Waals surface area (Å²) in [7, 11) is 0. The Morgan fingerprint density at radius 2 is 1.75 bits per heavy atom. The lowest BCUT2D eigenvalue weighted by Gasteiger charge is -2.52. The van der Waals surface area contributed by atoms with Crippen LogP contribution in [-0.2, 0) is 16.5 Å². The van der Waals surface area contributed by atoms with Crippen LogP contribution in [0.25, 0.3) is 0 Å². The van der Waals surface area contributed by atoms with E-state index in [2.05, 4.69) is 0 Å². The summed E-state index contributed by atoms with van der Waals surface area (Å²) in [6.07, 6.45) is -3.43. The third-order valence-corrected chi connectivity index (χ3v) is 5.40. The van der Waals surface area contributed by atoms with Crippen LogP contribution in [0.1, 0.15) is 64.0 Å². The summed E-state index contributed by atoms with van der Waals surface area (Å²) in [5, 5.41) is 11.2. The van der Waals surface area contributed by atoms with Gasteiger partial charge in [0.15, 0.2) is 0 Å². The molecule has 1 aromatic carbocycles. The predicted octanol–water partition coefficient (Wildman–Crippen LogP) is 4.98. The predicted molar refractivity (Wildman–Crippen MR) is 94.0 cm³/mol. The highest BCUT2D eigenvalue weighted by atomic mass is 19.4. The SMILES string of the molecule is CC(C)(C)OC(=O)N1C2CCCC1CC(O)(c1ccc(F)cc1C(F)(F)F)C2. The van der Waals surface area contributed by atoms with Crippen molar-refractivity contribution in [1.29, 1.82) is 0 Å². The maximum absolute atomic E-state index is 13.5. The topological polar surface area (TPSA) is 49.8 Å². The van der Waals surface area contributed by atoms with Gasteiger partial charge >= 0.3 is 12.3 Å². The Morgan fingerprint density at radius 1 is 1.18 bits per heavy atom. The summed E-state index contributed by atoms with van der Waals surface area (Å²) in [6.45, 7) is 5.24. The summed E-state index contributed by atoms with van der Waals surface area (Å²) in [5.41, 5.74) is -3.98. The van der Waals surface area contributed by atoms with Crippen LogP contribution in [0.5, 0.6) is 0 Å². The van der Waals surface area contributed by atoms with E-state index in [0.29, 0.717) is 18.9 Å². The molecule has 0 saturated carbocycles. The molecule has 156 valence electrons. The highest BCUT2D eigenvalue weighted by Gasteiger charge is 2.51. The Bertz CT molecular complexity index is 743. The van der Waals surface area contributed by atoms with E-state index in [1.807, 2.05) is 0 Å². The number of aliphatic hydroxyl groups is 1. The van der Waals surface area contributed by atoms with E-state index >= 15 is 0 Å². The lowest BCUT2D eigenvalue weighted by atomic mass is 9.71. The second-order valence-electron chi connectivity index (χ2n) is 8.75. The molecule has 8 heteroatoms. The summed E-state index contributed by atoms with van der Waals surface area (Å²) in [5.74, 6) is -1.01. The highest BCUT2D eigenvalue weighted by Crippen LogP contribution is 2.48. The zero-order chi connectivity index (χ0) is 20.9. The first-order chi connectivity index (χ1) is 12.8. The van der Waals surface area contributed by atoms with E-state index in [9.17, 15) is 27.5 Å². The molecule has 0 aliphatic carbocycles. The molecule has 28 heavy (non-hydrogen) atoms. The minimum atomic E-state index is -4.79. The van der Waals surface area contributed by atoms with Gasteiger partial charge in [-0.15, -0.1) is 0 Å². The molecule has 2 saturated heterocycles. The Morgan fingerprint density at radius 3 is 2.25 bits per heavy atom. The summed E-state index contributed by atoms with van der Waals surface area (Å²) < 4.78 is 59.3. The molecule has 2 heterocycles. The van der Waals surface area contributed by atoms with Crippen molar-refractivity contribution in [3.8, 4) is 0 Å². The normalized spacial score (nSPS) is 28.2. The van der Waals surface area contributed by atoms with Gasteiger partial charge in [0.25, 0.3) is 0 Å². The molecule has 3 rings (SSSR count). The molecule has 4 nitrogen and oxygen atoms in total. The summed E-state index contributed by atoms with van der Waals surface area (Å²) in [6, 6.07) is 1.50. The minimum Gasteiger partial charge on any atom is -0.444 e. The number of carbonyl (C=O) groups excluding carboxylic acids is 1. The molecule has 2 atom stereocenters. The second kappa shape index (κ2) is 6.90. The van der Waals surface area contributed by atoms with Crippen LogP contribution in [0.4, 0.5) is 22.4 Å². The van der Waals surface area contributed by atoms with Gasteiger partial charge in [-0.05, 0) is 57.7 Å². The lowest BCUT2D eigenvalue weighted by Crippen LogP contribution is -2.59. The van der Waals surface area contributed by atoms with Gasteiger partial charge in [0.05, 0.1) is 11.2 Å². The van der Waals surface area contributed by atoms with Gasteiger partial charge in [-0.3, -0.25) is 0 Å². The highest BCUT2D eigenvalue weighted by molar-refractivity contribution is 5.69. The number of alkyl halides is 3. The van der Waals surface area contributed by atoms with Crippen LogP contribution in [0.2, 0.25) is 0 Å². The number of fused-ring (bicyclic) bond motifs is 2. The molecule has 0 radical (unpaired) electrons. The minimum absolute atomic E-state index is 0.0442. The Labute approximate surface area is 161 Å². The van der Waals surface area contributed by atoms with Crippen molar-refractivity contribution in [2.75, 3.05) is 0 Å². The van der Waals surface area contributed by atoms with Gasteiger partial charge < -0.3 is 14.7 Å². The number of ether oxygens (including phenoxy) is 1. The molecular formula is C20H25F4NO3. The van der Waals surface area contributed by atoms with Gasteiger partial charge in [0.2, 0.25) is 0 Å². The Balaban J connectivity index is 1.94. The van der Waals surface area contributed by atoms with Crippen molar-refractivity contribution in [2.45, 2.75) is 82.3 Å². The average molecular weight is 403 g/mol. The first-order valence-corrected chi connectivity index (χ1v) is 9.41. The van der Waals surface area contributed by atoms with Gasteiger partial charge in [-0.1, -0.05) is 6.07 Å². The maximum atomic E-state index is 13.5. The Hall–Kier alpha value is -1.83. The zero-order valence-corrected chi connectivity index (χ0v) is 16.1. The fourth-order valence-corrected chi connectivity index (χ4v) is 4.42. The number of carbonyl (C=O) groups is 1. The van der Waals surface area contributed by atoms with Crippen LogP contribution < -0.4 is 0 Å². The number of hydrogen-bond acceptors (Lipinski definition) is 3. The maximum Gasteiger partial charge on any atom is 0.416 e. The third-order valence-electron chi connectivity index (χ3n) is 5.40. The van der Waals surface area contributed by atoms with Crippen LogP contribution >= 0.6 is 0 Å². The number of halogens is 4. The van der Waals surface area contributed by atoms with Crippen LogP contribution in [0.15, 0.2) is 18.2 Å². The Kier molecular flexibility index (Phi) is 5.15. The standard InChI is InChI=1S/C20H25F4NO3/c1-18(2,3)28-17(26)25-13-5-4-6-14(25)11-19(27,10-13)15-8-7-12(21)9-16(15)20(22,23)24/h7-9,13-14,27H,4-6,10-11H2,1-3H3. The lowest BCUT2D eigenvalue weighted by molar-refractivity contribution is -0.145. The molecule has 2 aliphatic rings. The van der Waals surface area contributed by atoms with Crippen molar-refractivity contribution >= 4 is 6.09 Å². The van der Waals surface area contributed by atoms with Crippen molar-refractivity contribution in [1.82, 2.24) is 4.90 Å². The fourth-order valence-electron chi connectivity index (χ4n) is 4.42. The summed E-state index contributed by atoms with van der Waals surface area (Å²) >= 11 is 0. The molecule has 2 unspecified atom stereocenters. The molecule has 1 N–H and O–H groups in total. The summed E-state index contributed by atoms with van der Waals surface area (Å²) in [4.78, 5) is 14.2. The second-order valence-corrected chi connectivity index (χ2v) is 8.75.